The monoisotopic (exact) mass is 226 g/mol. The summed E-state index contributed by atoms with van der Waals surface area (Å²) in [6.07, 6.45) is 5.23. The second-order valence-electron chi connectivity index (χ2n) is 5.20. The minimum absolute atomic E-state index is 0.157. The number of nitrogens with two attached hydrogens (primary N) is 1. The van der Waals surface area contributed by atoms with Crippen LogP contribution in [0.3, 0.4) is 0 Å². The summed E-state index contributed by atoms with van der Waals surface area (Å²) >= 11 is 6.02. The number of rotatable bonds is 3. The van der Waals surface area contributed by atoms with Gasteiger partial charge in [-0.3, -0.25) is 4.98 Å². The van der Waals surface area contributed by atoms with E-state index in [0.717, 1.165) is 18.4 Å². The van der Waals surface area contributed by atoms with Crippen molar-refractivity contribution in [2.75, 3.05) is 0 Å². The van der Waals surface area contributed by atoms with Crippen molar-refractivity contribution in [1.82, 2.24) is 4.98 Å². The van der Waals surface area contributed by atoms with Crippen LogP contribution in [-0.4, -0.2) is 11.0 Å². The van der Waals surface area contributed by atoms with E-state index >= 15 is 0 Å². The van der Waals surface area contributed by atoms with Gasteiger partial charge >= 0.3 is 0 Å². The zero-order valence-corrected chi connectivity index (χ0v) is 10.4. The third kappa shape index (κ3) is 4.63. The summed E-state index contributed by atoms with van der Waals surface area (Å²) in [6.45, 7) is 6.59. The Kier molecular flexibility index (Phi) is 4.12. The summed E-state index contributed by atoms with van der Waals surface area (Å²) in [5, 5.41) is 0.710. The molecule has 0 saturated carbocycles. The van der Waals surface area contributed by atoms with Crippen LogP contribution >= 0.6 is 11.6 Å². The molecule has 1 atom stereocenters. The van der Waals surface area contributed by atoms with Gasteiger partial charge in [0.2, 0.25) is 0 Å². The largest absolute Gasteiger partial charge is 0.327 e. The third-order valence-corrected chi connectivity index (χ3v) is 2.55. The number of nitrogens with zero attached hydrogens (tertiary/aromatic N) is 1. The topological polar surface area (TPSA) is 38.9 Å². The van der Waals surface area contributed by atoms with Crippen molar-refractivity contribution < 1.29 is 0 Å². The molecular formula is C12H19ClN2. The predicted octanol–water partition coefficient (Wildman–Crippen LogP) is 3.04. The van der Waals surface area contributed by atoms with Crippen LogP contribution in [0.15, 0.2) is 18.5 Å². The van der Waals surface area contributed by atoms with Crippen LogP contribution in [-0.2, 0) is 6.42 Å². The molecule has 0 aliphatic heterocycles. The van der Waals surface area contributed by atoms with E-state index in [1.54, 1.807) is 12.4 Å². The SMILES string of the molecule is CC(C)(C)CC(N)Cc1ccncc1Cl. The van der Waals surface area contributed by atoms with Gasteiger partial charge in [-0.25, -0.2) is 0 Å². The van der Waals surface area contributed by atoms with Gasteiger partial charge in [0.05, 0.1) is 5.02 Å². The Morgan fingerprint density at radius 1 is 1.47 bits per heavy atom. The lowest BCUT2D eigenvalue weighted by molar-refractivity contribution is 0.338. The van der Waals surface area contributed by atoms with Crippen LogP contribution in [0.2, 0.25) is 5.02 Å². The average Bonchev–Trinajstić information content (AvgIpc) is 2.05. The van der Waals surface area contributed by atoms with E-state index < -0.39 is 0 Å². The molecule has 3 heteroatoms. The van der Waals surface area contributed by atoms with E-state index in [4.69, 9.17) is 17.3 Å². The Labute approximate surface area is 96.8 Å². The fourth-order valence-corrected chi connectivity index (χ4v) is 1.91. The zero-order chi connectivity index (χ0) is 11.5. The molecule has 0 spiro atoms. The van der Waals surface area contributed by atoms with Gasteiger partial charge < -0.3 is 5.73 Å². The molecular weight excluding hydrogens is 208 g/mol. The van der Waals surface area contributed by atoms with Gasteiger partial charge in [0.1, 0.15) is 0 Å². The smallest absolute Gasteiger partial charge is 0.0621 e. The van der Waals surface area contributed by atoms with Crippen molar-refractivity contribution in [3.05, 3.63) is 29.0 Å². The number of hydrogen-bond acceptors (Lipinski definition) is 2. The van der Waals surface area contributed by atoms with Gasteiger partial charge in [0, 0.05) is 18.4 Å². The molecule has 0 bridgehead atoms. The van der Waals surface area contributed by atoms with Gasteiger partial charge in [-0.2, -0.15) is 0 Å². The first-order chi connectivity index (χ1) is 6.88. The second kappa shape index (κ2) is 4.95. The van der Waals surface area contributed by atoms with Gasteiger partial charge in [0.25, 0.3) is 0 Å². The molecule has 84 valence electrons. The molecule has 0 aromatic carbocycles. The number of aromatic nitrogens is 1. The van der Waals surface area contributed by atoms with E-state index in [9.17, 15) is 0 Å². The summed E-state index contributed by atoms with van der Waals surface area (Å²) in [6, 6.07) is 2.09. The van der Waals surface area contributed by atoms with Crippen LogP contribution < -0.4 is 5.73 Å². The maximum Gasteiger partial charge on any atom is 0.0621 e. The number of hydrogen-bond donors (Lipinski definition) is 1. The quantitative estimate of drug-likeness (QED) is 0.861. The summed E-state index contributed by atoms with van der Waals surface area (Å²) in [5.74, 6) is 0. The van der Waals surface area contributed by atoms with Crippen molar-refractivity contribution in [3.63, 3.8) is 0 Å². The molecule has 2 nitrogen and oxygen atoms in total. The van der Waals surface area contributed by atoms with Crippen molar-refractivity contribution >= 4 is 11.6 Å². The first-order valence-corrected chi connectivity index (χ1v) is 5.60. The van der Waals surface area contributed by atoms with Crippen molar-refractivity contribution in [3.8, 4) is 0 Å². The highest BCUT2D eigenvalue weighted by Gasteiger charge is 2.16. The lowest BCUT2D eigenvalue weighted by Crippen LogP contribution is -2.28. The molecule has 15 heavy (non-hydrogen) atoms. The highest BCUT2D eigenvalue weighted by Crippen LogP contribution is 2.23. The molecule has 0 aliphatic carbocycles. The Balaban J connectivity index is 2.59. The van der Waals surface area contributed by atoms with E-state index in [-0.39, 0.29) is 11.5 Å². The van der Waals surface area contributed by atoms with Gasteiger partial charge in [-0.05, 0) is 29.9 Å². The van der Waals surface area contributed by atoms with E-state index in [1.165, 1.54) is 0 Å². The van der Waals surface area contributed by atoms with Crippen molar-refractivity contribution in [2.24, 2.45) is 11.1 Å². The molecule has 0 saturated heterocycles. The van der Waals surface area contributed by atoms with Crippen molar-refractivity contribution in [1.29, 1.82) is 0 Å². The molecule has 1 aromatic heterocycles. The van der Waals surface area contributed by atoms with E-state index in [0.29, 0.717) is 5.02 Å². The lowest BCUT2D eigenvalue weighted by atomic mass is 9.86. The molecule has 1 unspecified atom stereocenters. The molecule has 0 amide bonds. The van der Waals surface area contributed by atoms with Gasteiger partial charge in [-0.15, -0.1) is 0 Å². The molecule has 0 aliphatic rings. The molecule has 1 aromatic rings. The third-order valence-electron chi connectivity index (χ3n) is 2.21. The maximum atomic E-state index is 6.08. The average molecular weight is 227 g/mol. The van der Waals surface area contributed by atoms with E-state index in [2.05, 4.69) is 25.8 Å². The highest BCUT2D eigenvalue weighted by atomic mass is 35.5. The Hall–Kier alpha value is -0.600. The zero-order valence-electron chi connectivity index (χ0n) is 9.63. The Morgan fingerprint density at radius 2 is 2.13 bits per heavy atom. The van der Waals surface area contributed by atoms with Gasteiger partial charge in [0.15, 0.2) is 0 Å². The van der Waals surface area contributed by atoms with Crippen LogP contribution in [0.4, 0.5) is 0 Å². The highest BCUT2D eigenvalue weighted by molar-refractivity contribution is 6.31. The summed E-state index contributed by atoms with van der Waals surface area (Å²) < 4.78 is 0. The standard InChI is InChI=1S/C12H19ClN2/c1-12(2,3)7-10(14)6-9-4-5-15-8-11(9)13/h4-5,8,10H,6-7,14H2,1-3H3. The first-order valence-electron chi connectivity index (χ1n) is 5.22. The van der Waals surface area contributed by atoms with Crippen LogP contribution in [0.25, 0.3) is 0 Å². The molecule has 1 rings (SSSR count). The Bertz CT molecular complexity index is 318. The summed E-state index contributed by atoms with van der Waals surface area (Å²) in [5.41, 5.74) is 7.43. The summed E-state index contributed by atoms with van der Waals surface area (Å²) in [7, 11) is 0. The minimum atomic E-state index is 0.157. The maximum absolute atomic E-state index is 6.08. The molecule has 0 fully saturated rings. The number of halogens is 1. The van der Waals surface area contributed by atoms with Crippen LogP contribution in [0.1, 0.15) is 32.8 Å². The molecule has 1 heterocycles. The summed E-state index contributed by atoms with van der Waals surface area (Å²) in [4.78, 5) is 3.95. The fourth-order valence-electron chi connectivity index (χ4n) is 1.71. The van der Waals surface area contributed by atoms with Gasteiger partial charge in [-0.1, -0.05) is 32.4 Å². The first kappa shape index (κ1) is 12.5. The Morgan fingerprint density at radius 3 is 2.67 bits per heavy atom. The van der Waals surface area contributed by atoms with Crippen LogP contribution in [0, 0.1) is 5.41 Å². The molecule has 0 radical (unpaired) electrons. The van der Waals surface area contributed by atoms with Crippen molar-refractivity contribution in [2.45, 2.75) is 39.7 Å². The lowest BCUT2D eigenvalue weighted by Gasteiger charge is -2.23. The normalized spacial score (nSPS) is 13.9. The number of pyridine rings is 1. The minimum Gasteiger partial charge on any atom is -0.327 e. The predicted molar refractivity (Wildman–Crippen MR) is 65.0 cm³/mol. The molecule has 2 N–H and O–H groups in total. The van der Waals surface area contributed by atoms with Crippen LogP contribution in [0.5, 0.6) is 0 Å². The van der Waals surface area contributed by atoms with E-state index in [1.807, 2.05) is 6.07 Å². The fraction of sp³-hybridized carbons (Fsp3) is 0.583. The second-order valence-corrected chi connectivity index (χ2v) is 5.60.